The standard InChI is InChI=1S/C16H17FN4O3S/c17-10-3-5-11(6-4-10)19-15(23)21-16-20-13(9-25-16)14(22)18-8-12-2-1-7-24-12/h3-6,9,12H,1-2,7-8H2,(H,18,22)(H2,19,20,21,23)/t12-/m0/s1. The second-order valence-electron chi connectivity index (χ2n) is 5.47. The normalized spacial score (nSPS) is 16.4. The van der Waals surface area contributed by atoms with Gasteiger partial charge in [-0.3, -0.25) is 10.1 Å². The summed E-state index contributed by atoms with van der Waals surface area (Å²) in [4.78, 5) is 28.0. The molecule has 1 saturated heterocycles. The number of thiazole rings is 1. The molecule has 25 heavy (non-hydrogen) atoms. The Morgan fingerprint density at radius 3 is 2.80 bits per heavy atom. The quantitative estimate of drug-likeness (QED) is 0.761. The first-order valence-corrected chi connectivity index (χ1v) is 8.67. The molecule has 1 aliphatic rings. The molecule has 0 aliphatic carbocycles. The first-order valence-electron chi connectivity index (χ1n) is 7.79. The molecule has 0 radical (unpaired) electrons. The van der Waals surface area contributed by atoms with E-state index in [9.17, 15) is 14.0 Å². The van der Waals surface area contributed by atoms with Gasteiger partial charge in [-0.05, 0) is 37.1 Å². The number of amides is 3. The van der Waals surface area contributed by atoms with Crippen LogP contribution >= 0.6 is 11.3 Å². The topological polar surface area (TPSA) is 92.4 Å². The molecule has 0 unspecified atom stereocenters. The summed E-state index contributed by atoms with van der Waals surface area (Å²) in [5, 5.41) is 9.72. The molecule has 1 atom stereocenters. The number of anilines is 2. The van der Waals surface area contributed by atoms with E-state index in [1.54, 1.807) is 5.38 Å². The number of hydrogen-bond donors (Lipinski definition) is 3. The van der Waals surface area contributed by atoms with Crippen LogP contribution in [0.2, 0.25) is 0 Å². The molecule has 0 bridgehead atoms. The lowest BCUT2D eigenvalue weighted by atomic mass is 10.2. The average molecular weight is 364 g/mol. The lowest BCUT2D eigenvalue weighted by Gasteiger charge is -2.09. The van der Waals surface area contributed by atoms with E-state index in [1.165, 1.54) is 24.3 Å². The molecule has 1 aliphatic heterocycles. The van der Waals surface area contributed by atoms with Gasteiger partial charge in [0.05, 0.1) is 6.10 Å². The molecule has 3 N–H and O–H groups in total. The van der Waals surface area contributed by atoms with Gasteiger partial charge in [0.1, 0.15) is 11.5 Å². The van der Waals surface area contributed by atoms with Crippen LogP contribution in [-0.4, -0.2) is 36.2 Å². The van der Waals surface area contributed by atoms with E-state index in [4.69, 9.17) is 4.74 Å². The highest BCUT2D eigenvalue weighted by atomic mass is 32.1. The maximum Gasteiger partial charge on any atom is 0.325 e. The molecule has 3 rings (SSSR count). The van der Waals surface area contributed by atoms with Gasteiger partial charge in [-0.1, -0.05) is 0 Å². The van der Waals surface area contributed by atoms with Crippen molar-refractivity contribution >= 4 is 34.1 Å². The molecule has 1 aromatic carbocycles. The minimum Gasteiger partial charge on any atom is -0.376 e. The SMILES string of the molecule is O=C(Nc1ccc(F)cc1)Nc1nc(C(=O)NC[C@@H]2CCCO2)cs1. The van der Waals surface area contributed by atoms with Crippen molar-refractivity contribution in [2.24, 2.45) is 0 Å². The molecule has 2 aromatic rings. The number of halogens is 1. The Labute approximate surface area is 147 Å². The Bertz CT molecular complexity index is 744. The molecule has 0 saturated carbocycles. The highest BCUT2D eigenvalue weighted by Gasteiger charge is 2.18. The average Bonchev–Trinajstić information content (AvgIpc) is 3.26. The number of carbonyl (C=O) groups is 2. The van der Waals surface area contributed by atoms with E-state index >= 15 is 0 Å². The smallest absolute Gasteiger partial charge is 0.325 e. The van der Waals surface area contributed by atoms with Crippen LogP contribution in [0.4, 0.5) is 20.0 Å². The number of aromatic nitrogens is 1. The summed E-state index contributed by atoms with van der Waals surface area (Å²) in [5.41, 5.74) is 0.685. The fourth-order valence-corrected chi connectivity index (χ4v) is 3.02. The number of carbonyl (C=O) groups excluding carboxylic acids is 2. The first kappa shape index (κ1) is 17.3. The minimum absolute atomic E-state index is 0.0571. The van der Waals surface area contributed by atoms with Gasteiger partial charge < -0.3 is 15.4 Å². The van der Waals surface area contributed by atoms with E-state index in [1.807, 2.05) is 0 Å². The maximum atomic E-state index is 12.8. The molecule has 9 heteroatoms. The van der Waals surface area contributed by atoms with E-state index in [-0.39, 0.29) is 23.5 Å². The Morgan fingerprint density at radius 1 is 1.28 bits per heavy atom. The van der Waals surface area contributed by atoms with E-state index in [0.717, 1.165) is 30.8 Å². The predicted molar refractivity (Wildman–Crippen MR) is 92.5 cm³/mol. The zero-order valence-electron chi connectivity index (χ0n) is 13.3. The molecule has 132 valence electrons. The van der Waals surface area contributed by atoms with Gasteiger partial charge in [-0.2, -0.15) is 0 Å². The van der Waals surface area contributed by atoms with Crippen molar-refractivity contribution in [2.75, 3.05) is 23.8 Å². The largest absolute Gasteiger partial charge is 0.376 e. The summed E-state index contributed by atoms with van der Waals surface area (Å²) >= 11 is 1.14. The van der Waals surface area contributed by atoms with Gasteiger partial charge in [0, 0.05) is 24.2 Å². The number of hydrogen-bond acceptors (Lipinski definition) is 5. The maximum absolute atomic E-state index is 12.8. The Morgan fingerprint density at radius 2 is 2.08 bits per heavy atom. The molecule has 0 spiro atoms. The van der Waals surface area contributed by atoms with Crippen molar-refractivity contribution in [2.45, 2.75) is 18.9 Å². The van der Waals surface area contributed by atoms with Crippen molar-refractivity contribution in [3.8, 4) is 0 Å². The van der Waals surface area contributed by atoms with Gasteiger partial charge in [0.15, 0.2) is 5.13 Å². The highest BCUT2D eigenvalue weighted by Crippen LogP contribution is 2.17. The number of ether oxygens (including phenoxy) is 1. The van der Waals surface area contributed by atoms with Crippen molar-refractivity contribution in [1.82, 2.24) is 10.3 Å². The second-order valence-corrected chi connectivity index (χ2v) is 6.33. The van der Waals surface area contributed by atoms with Crippen LogP contribution in [0.25, 0.3) is 0 Å². The molecule has 1 aromatic heterocycles. The molecular weight excluding hydrogens is 347 g/mol. The van der Waals surface area contributed by atoms with Crippen LogP contribution in [0.5, 0.6) is 0 Å². The second kappa shape index (κ2) is 8.04. The van der Waals surface area contributed by atoms with Crippen LogP contribution in [0, 0.1) is 5.82 Å². The Hall–Kier alpha value is -2.52. The van der Waals surface area contributed by atoms with Crippen molar-refractivity contribution in [1.29, 1.82) is 0 Å². The molecular formula is C16H17FN4O3S. The number of benzene rings is 1. The van der Waals surface area contributed by atoms with Crippen molar-refractivity contribution in [3.05, 3.63) is 41.2 Å². The Kier molecular flexibility index (Phi) is 5.56. The summed E-state index contributed by atoms with van der Waals surface area (Å²) in [6, 6.07) is 4.86. The molecule has 7 nitrogen and oxygen atoms in total. The summed E-state index contributed by atoms with van der Waals surface area (Å²) in [6.45, 7) is 1.18. The number of rotatable bonds is 5. The zero-order valence-corrected chi connectivity index (χ0v) is 14.1. The zero-order chi connectivity index (χ0) is 17.6. The van der Waals surface area contributed by atoms with Crippen LogP contribution in [0.1, 0.15) is 23.3 Å². The van der Waals surface area contributed by atoms with Gasteiger partial charge >= 0.3 is 6.03 Å². The summed E-state index contributed by atoms with van der Waals surface area (Å²) < 4.78 is 18.3. The minimum atomic E-state index is -0.521. The third kappa shape index (κ3) is 4.97. The van der Waals surface area contributed by atoms with E-state index in [2.05, 4.69) is 20.9 Å². The van der Waals surface area contributed by atoms with Gasteiger partial charge in [-0.15, -0.1) is 11.3 Å². The van der Waals surface area contributed by atoms with Crippen LogP contribution in [0.15, 0.2) is 29.6 Å². The Balaban J connectivity index is 1.49. The number of nitrogens with zero attached hydrogens (tertiary/aromatic N) is 1. The van der Waals surface area contributed by atoms with E-state index < -0.39 is 6.03 Å². The van der Waals surface area contributed by atoms with Gasteiger partial charge in [0.25, 0.3) is 5.91 Å². The van der Waals surface area contributed by atoms with E-state index in [0.29, 0.717) is 17.4 Å². The molecule has 3 amide bonds. The summed E-state index contributed by atoms with van der Waals surface area (Å²) in [5.74, 6) is -0.691. The number of nitrogens with one attached hydrogen (secondary N) is 3. The highest BCUT2D eigenvalue weighted by molar-refractivity contribution is 7.14. The summed E-state index contributed by atoms with van der Waals surface area (Å²) in [6.07, 6.45) is 2.00. The molecule has 1 fully saturated rings. The predicted octanol–water partition coefficient (Wildman–Crippen LogP) is 2.84. The fraction of sp³-hybridized carbons (Fsp3) is 0.312. The van der Waals surface area contributed by atoms with Crippen molar-refractivity contribution in [3.63, 3.8) is 0 Å². The third-order valence-corrected chi connectivity index (χ3v) is 4.33. The van der Waals surface area contributed by atoms with Crippen LogP contribution < -0.4 is 16.0 Å². The third-order valence-electron chi connectivity index (χ3n) is 3.57. The number of urea groups is 1. The van der Waals surface area contributed by atoms with Crippen LogP contribution in [-0.2, 0) is 4.74 Å². The van der Waals surface area contributed by atoms with Crippen molar-refractivity contribution < 1.29 is 18.7 Å². The monoisotopic (exact) mass is 364 g/mol. The summed E-state index contributed by atoms with van der Waals surface area (Å²) in [7, 11) is 0. The first-order chi connectivity index (χ1) is 12.1. The fourth-order valence-electron chi connectivity index (χ4n) is 2.33. The van der Waals surface area contributed by atoms with Gasteiger partial charge in [0.2, 0.25) is 0 Å². The molecule has 2 heterocycles. The lowest BCUT2D eigenvalue weighted by molar-refractivity contribution is 0.0854. The lowest BCUT2D eigenvalue weighted by Crippen LogP contribution is -2.32. The van der Waals surface area contributed by atoms with Crippen LogP contribution in [0.3, 0.4) is 0 Å². The van der Waals surface area contributed by atoms with Gasteiger partial charge in [-0.25, -0.2) is 14.2 Å².